The zero-order chi connectivity index (χ0) is 13.0. The summed E-state index contributed by atoms with van der Waals surface area (Å²) in [6.45, 7) is 0.162. The summed E-state index contributed by atoms with van der Waals surface area (Å²) in [5.74, 6) is -0.673. The van der Waals surface area contributed by atoms with E-state index in [1.54, 1.807) is 0 Å². The number of hydrogen-bond donors (Lipinski definition) is 1. The number of para-hydroxylation sites is 1. The highest BCUT2D eigenvalue weighted by Gasteiger charge is 2.17. The molecule has 0 atom stereocenters. The SMILES string of the molecule is O=[N+]([O-])c1cccc(F)c1NCc1cnccn1. The van der Waals surface area contributed by atoms with Crippen LogP contribution < -0.4 is 5.32 Å². The van der Waals surface area contributed by atoms with E-state index < -0.39 is 10.7 Å². The van der Waals surface area contributed by atoms with Gasteiger partial charge >= 0.3 is 0 Å². The zero-order valence-electron chi connectivity index (χ0n) is 9.21. The van der Waals surface area contributed by atoms with E-state index in [0.717, 1.165) is 6.07 Å². The molecule has 1 aromatic carbocycles. The maximum atomic E-state index is 13.5. The standard InChI is InChI=1S/C11H9FN4O2/c12-9-2-1-3-10(16(17)18)11(9)15-7-8-6-13-4-5-14-8/h1-6,15H,7H2. The molecule has 0 bridgehead atoms. The molecule has 0 saturated heterocycles. The molecule has 0 aliphatic heterocycles. The van der Waals surface area contributed by atoms with Crippen LogP contribution in [0.4, 0.5) is 15.8 Å². The second-order valence-electron chi connectivity index (χ2n) is 3.44. The molecule has 0 aliphatic carbocycles. The van der Waals surface area contributed by atoms with Crippen molar-refractivity contribution in [2.24, 2.45) is 0 Å². The van der Waals surface area contributed by atoms with Crippen LogP contribution in [0, 0.1) is 15.9 Å². The van der Waals surface area contributed by atoms with E-state index in [-0.39, 0.29) is 17.9 Å². The Bertz CT molecular complexity index is 562. The predicted octanol–water partition coefficient (Wildman–Crippen LogP) is 2.14. The summed E-state index contributed by atoms with van der Waals surface area (Å²) < 4.78 is 13.5. The van der Waals surface area contributed by atoms with E-state index in [0.29, 0.717) is 5.69 Å². The van der Waals surface area contributed by atoms with Gasteiger partial charge < -0.3 is 5.32 Å². The molecule has 2 aromatic rings. The van der Waals surface area contributed by atoms with Crippen LogP contribution in [0.1, 0.15) is 5.69 Å². The average Bonchev–Trinajstić information content (AvgIpc) is 2.38. The van der Waals surface area contributed by atoms with Gasteiger partial charge in [0.1, 0.15) is 5.69 Å². The molecule has 6 nitrogen and oxygen atoms in total. The van der Waals surface area contributed by atoms with Crippen molar-refractivity contribution in [2.45, 2.75) is 6.54 Å². The Labute approximate surface area is 102 Å². The lowest BCUT2D eigenvalue weighted by atomic mass is 10.2. The van der Waals surface area contributed by atoms with Gasteiger partial charge in [-0.3, -0.25) is 20.1 Å². The van der Waals surface area contributed by atoms with Gasteiger partial charge in [-0.1, -0.05) is 6.07 Å². The number of rotatable bonds is 4. The molecular formula is C11H9FN4O2. The van der Waals surface area contributed by atoms with Gasteiger partial charge in [0.05, 0.1) is 23.4 Å². The highest BCUT2D eigenvalue weighted by atomic mass is 19.1. The number of nitro groups is 1. The molecule has 0 radical (unpaired) electrons. The van der Waals surface area contributed by atoms with Crippen LogP contribution in [-0.4, -0.2) is 14.9 Å². The molecule has 92 valence electrons. The number of nitro benzene ring substituents is 1. The van der Waals surface area contributed by atoms with Gasteiger partial charge in [0.2, 0.25) is 0 Å². The Kier molecular flexibility index (Phi) is 3.42. The summed E-state index contributed by atoms with van der Waals surface area (Å²) in [6, 6.07) is 3.69. The minimum absolute atomic E-state index is 0.145. The van der Waals surface area contributed by atoms with E-state index >= 15 is 0 Å². The summed E-state index contributed by atoms with van der Waals surface area (Å²) in [7, 11) is 0. The van der Waals surface area contributed by atoms with Gasteiger partial charge in [-0.15, -0.1) is 0 Å². The number of anilines is 1. The highest BCUT2D eigenvalue weighted by Crippen LogP contribution is 2.27. The molecule has 1 aromatic heterocycles. The second kappa shape index (κ2) is 5.17. The monoisotopic (exact) mass is 248 g/mol. The van der Waals surface area contributed by atoms with Crippen LogP contribution in [0.5, 0.6) is 0 Å². The topological polar surface area (TPSA) is 81.0 Å². The Morgan fingerprint density at radius 2 is 2.22 bits per heavy atom. The van der Waals surface area contributed by atoms with E-state index in [1.807, 2.05) is 0 Å². The van der Waals surface area contributed by atoms with E-state index in [9.17, 15) is 14.5 Å². The molecule has 0 unspecified atom stereocenters. The summed E-state index contributed by atoms with van der Waals surface area (Å²) in [5.41, 5.74) is 0.113. The van der Waals surface area contributed by atoms with Crippen molar-refractivity contribution >= 4 is 11.4 Å². The quantitative estimate of drug-likeness (QED) is 0.662. The van der Waals surface area contributed by atoms with Gasteiger partial charge in [0, 0.05) is 18.5 Å². The van der Waals surface area contributed by atoms with Crippen molar-refractivity contribution < 1.29 is 9.31 Å². The number of halogens is 1. The molecule has 0 aliphatic rings. The van der Waals surface area contributed by atoms with Gasteiger partial charge in [-0.25, -0.2) is 4.39 Å². The van der Waals surface area contributed by atoms with Crippen molar-refractivity contribution in [3.05, 3.63) is 58.4 Å². The third kappa shape index (κ3) is 2.57. The predicted molar refractivity (Wildman–Crippen MR) is 62.4 cm³/mol. The second-order valence-corrected chi connectivity index (χ2v) is 3.44. The summed E-state index contributed by atoms with van der Waals surface area (Å²) in [5, 5.41) is 13.4. The molecule has 1 N–H and O–H groups in total. The van der Waals surface area contributed by atoms with Crippen molar-refractivity contribution in [1.29, 1.82) is 0 Å². The van der Waals surface area contributed by atoms with E-state index in [2.05, 4.69) is 15.3 Å². The maximum Gasteiger partial charge on any atom is 0.295 e. The van der Waals surface area contributed by atoms with Crippen LogP contribution in [-0.2, 0) is 6.54 Å². The molecule has 0 amide bonds. The van der Waals surface area contributed by atoms with E-state index in [4.69, 9.17) is 0 Å². The van der Waals surface area contributed by atoms with Gasteiger partial charge in [-0.05, 0) is 6.07 Å². The molecule has 7 heteroatoms. The third-order valence-electron chi connectivity index (χ3n) is 2.25. The number of hydrogen-bond acceptors (Lipinski definition) is 5. The fraction of sp³-hybridized carbons (Fsp3) is 0.0909. The smallest absolute Gasteiger partial charge is 0.295 e. The fourth-order valence-corrected chi connectivity index (χ4v) is 1.44. The number of aromatic nitrogens is 2. The Balaban J connectivity index is 2.21. The maximum absolute atomic E-state index is 13.5. The molecule has 0 saturated carbocycles. The van der Waals surface area contributed by atoms with Crippen LogP contribution in [0.15, 0.2) is 36.8 Å². The minimum Gasteiger partial charge on any atom is -0.371 e. The largest absolute Gasteiger partial charge is 0.371 e. The lowest BCUT2D eigenvalue weighted by molar-refractivity contribution is -0.384. The lowest BCUT2D eigenvalue weighted by Crippen LogP contribution is -2.06. The van der Waals surface area contributed by atoms with Crippen molar-refractivity contribution in [1.82, 2.24) is 9.97 Å². The normalized spacial score (nSPS) is 10.1. The summed E-state index contributed by atoms with van der Waals surface area (Å²) >= 11 is 0. The Hall–Kier alpha value is -2.57. The summed E-state index contributed by atoms with van der Waals surface area (Å²) in [4.78, 5) is 17.9. The minimum atomic E-state index is -0.673. The number of benzene rings is 1. The van der Waals surface area contributed by atoms with Crippen molar-refractivity contribution in [3.63, 3.8) is 0 Å². The highest BCUT2D eigenvalue weighted by molar-refractivity contribution is 5.62. The lowest BCUT2D eigenvalue weighted by Gasteiger charge is -2.07. The summed E-state index contributed by atoms with van der Waals surface area (Å²) in [6.07, 6.45) is 4.50. The third-order valence-corrected chi connectivity index (χ3v) is 2.25. The molecule has 0 fully saturated rings. The van der Waals surface area contributed by atoms with Crippen LogP contribution >= 0.6 is 0 Å². The molecule has 2 rings (SSSR count). The Morgan fingerprint density at radius 3 is 2.89 bits per heavy atom. The van der Waals surface area contributed by atoms with E-state index in [1.165, 1.54) is 30.7 Å². The fourth-order valence-electron chi connectivity index (χ4n) is 1.44. The molecule has 1 heterocycles. The molecule has 0 spiro atoms. The van der Waals surface area contributed by atoms with Crippen LogP contribution in [0.3, 0.4) is 0 Å². The van der Waals surface area contributed by atoms with Crippen molar-refractivity contribution in [2.75, 3.05) is 5.32 Å². The first-order valence-corrected chi connectivity index (χ1v) is 5.10. The van der Waals surface area contributed by atoms with Gasteiger partial charge in [-0.2, -0.15) is 0 Å². The first-order valence-electron chi connectivity index (χ1n) is 5.10. The first-order chi connectivity index (χ1) is 8.68. The number of nitrogens with one attached hydrogen (secondary N) is 1. The van der Waals surface area contributed by atoms with Crippen molar-refractivity contribution in [3.8, 4) is 0 Å². The first kappa shape index (κ1) is 11.9. The molecule has 18 heavy (non-hydrogen) atoms. The van der Waals surface area contributed by atoms with Gasteiger partial charge in [0.25, 0.3) is 5.69 Å². The van der Waals surface area contributed by atoms with Crippen LogP contribution in [0.2, 0.25) is 0 Å². The average molecular weight is 248 g/mol. The zero-order valence-corrected chi connectivity index (χ0v) is 9.21. The van der Waals surface area contributed by atoms with Gasteiger partial charge in [0.15, 0.2) is 5.82 Å². The Morgan fingerprint density at radius 1 is 1.39 bits per heavy atom. The molecular weight excluding hydrogens is 239 g/mol. The van der Waals surface area contributed by atoms with Crippen LogP contribution in [0.25, 0.3) is 0 Å². The number of nitrogens with zero attached hydrogens (tertiary/aromatic N) is 3.